The average Bonchev–Trinajstić information content (AvgIpc) is 3.41. The van der Waals surface area contributed by atoms with Crippen LogP contribution in [0.25, 0.3) is 0 Å². The van der Waals surface area contributed by atoms with Gasteiger partial charge in [0.25, 0.3) is 5.91 Å². The summed E-state index contributed by atoms with van der Waals surface area (Å²) >= 11 is 6.04. The van der Waals surface area contributed by atoms with Crippen LogP contribution < -0.4 is 9.64 Å². The van der Waals surface area contributed by atoms with Crippen molar-refractivity contribution < 1.29 is 19.4 Å². The molecule has 1 aromatic rings. The number of nitrogens with zero attached hydrogens (tertiary/aromatic N) is 2. The van der Waals surface area contributed by atoms with Gasteiger partial charge in [0, 0.05) is 12.6 Å². The van der Waals surface area contributed by atoms with Crippen molar-refractivity contribution in [1.29, 1.82) is 0 Å². The molecule has 0 radical (unpaired) electrons. The monoisotopic (exact) mass is 586 g/mol. The first-order chi connectivity index (χ1) is 19.4. The summed E-state index contributed by atoms with van der Waals surface area (Å²) in [6.07, 6.45) is 23.4. The van der Waals surface area contributed by atoms with Gasteiger partial charge in [-0.1, -0.05) is 133 Å². The molecule has 0 aliphatic carbocycles. The standard InChI is InChI=1S/C32H46N2O4S2/c1-3-4-5-6-7-8-9-10-11-12-13-14-15-16-17-18-23-33-26-20-19-25(2)24-27(26)38-29(33)22-21-28-30(35)34(31(36)37)32(39)40-28/h19-22,24H,3-18,23H2,1-2H3,(H,36,37)/b28-21+,29-22+. The summed E-state index contributed by atoms with van der Waals surface area (Å²) in [5, 5.41) is 9.24. The van der Waals surface area contributed by atoms with Crippen LogP contribution in [0.3, 0.4) is 0 Å². The number of hydrogen-bond acceptors (Lipinski definition) is 6. The molecule has 0 aromatic heterocycles. The molecular weight excluding hydrogens is 540 g/mol. The molecular formula is C32H46N2O4S2. The molecule has 220 valence electrons. The highest BCUT2D eigenvalue weighted by molar-refractivity contribution is 8.26. The molecule has 6 nitrogen and oxygen atoms in total. The topological polar surface area (TPSA) is 70.1 Å². The number of fused-ring (bicyclic) bond motifs is 1. The van der Waals surface area contributed by atoms with Crippen molar-refractivity contribution in [2.45, 2.75) is 117 Å². The number of amides is 2. The number of rotatable bonds is 18. The van der Waals surface area contributed by atoms with Crippen LogP contribution in [-0.2, 0) is 4.79 Å². The van der Waals surface area contributed by atoms with Gasteiger partial charge >= 0.3 is 6.09 Å². The van der Waals surface area contributed by atoms with Crippen LogP contribution in [0, 0.1) is 6.92 Å². The maximum absolute atomic E-state index is 12.4. The van der Waals surface area contributed by atoms with E-state index in [0.717, 1.165) is 41.7 Å². The number of thioether (sulfide) groups is 1. The highest BCUT2D eigenvalue weighted by Gasteiger charge is 2.37. The molecule has 8 heteroatoms. The molecule has 0 unspecified atom stereocenters. The van der Waals surface area contributed by atoms with Gasteiger partial charge in [-0.15, -0.1) is 0 Å². The number of carboxylic acid groups (broad SMARTS) is 1. The van der Waals surface area contributed by atoms with E-state index >= 15 is 0 Å². The van der Waals surface area contributed by atoms with Gasteiger partial charge < -0.3 is 14.7 Å². The molecule has 0 atom stereocenters. The molecule has 2 heterocycles. The van der Waals surface area contributed by atoms with Crippen LogP contribution in [-0.4, -0.2) is 32.9 Å². The minimum Gasteiger partial charge on any atom is -0.464 e. The van der Waals surface area contributed by atoms with Gasteiger partial charge in [-0.2, -0.15) is 4.90 Å². The van der Waals surface area contributed by atoms with E-state index in [1.54, 1.807) is 12.2 Å². The van der Waals surface area contributed by atoms with Gasteiger partial charge in [0.05, 0.1) is 10.6 Å². The van der Waals surface area contributed by atoms with Crippen molar-refractivity contribution in [2.75, 3.05) is 11.4 Å². The summed E-state index contributed by atoms with van der Waals surface area (Å²) < 4.78 is 6.16. The number of benzene rings is 1. The first-order valence-corrected chi connectivity index (χ1v) is 16.4. The normalized spacial score (nSPS) is 16.9. The van der Waals surface area contributed by atoms with E-state index in [2.05, 4.69) is 24.0 Å². The lowest BCUT2D eigenvalue weighted by atomic mass is 10.0. The van der Waals surface area contributed by atoms with Gasteiger partial charge in [-0.25, -0.2) is 4.79 Å². The number of imide groups is 1. The molecule has 40 heavy (non-hydrogen) atoms. The van der Waals surface area contributed by atoms with Crippen molar-refractivity contribution in [3.63, 3.8) is 0 Å². The van der Waals surface area contributed by atoms with Gasteiger partial charge in [-0.3, -0.25) is 4.79 Å². The largest absolute Gasteiger partial charge is 0.464 e. The zero-order chi connectivity index (χ0) is 28.7. The van der Waals surface area contributed by atoms with Crippen LogP contribution in [0.15, 0.2) is 41.1 Å². The third-order valence-electron chi connectivity index (χ3n) is 7.48. The van der Waals surface area contributed by atoms with E-state index in [0.29, 0.717) is 10.8 Å². The third-order valence-corrected chi connectivity index (χ3v) is 8.80. The van der Waals surface area contributed by atoms with Crippen molar-refractivity contribution in [2.24, 2.45) is 0 Å². The number of aryl methyl sites for hydroxylation is 1. The van der Waals surface area contributed by atoms with E-state index < -0.39 is 12.0 Å². The predicted octanol–water partition coefficient (Wildman–Crippen LogP) is 9.72. The third kappa shape index (κ3) is 9.95. The fraction of sp³-hybridized carbons (Fsp3) is 0.594. The summed E-state index contributed by atoms with van der Waals surface area (Å²) in [6, 6.07) is 6.16. The maximum Gasteiger partial charge on any atom is 0.420 e. The van der Waals surface area contributed by atoms with Gasteiger partial charge in [-0.05, 0) is 37.1 Å². The zero-order valence-electron chi connectivity index (χ0n) is 24.3. The van der Waals surface area contributed by atoms with Gasteiger partial charge in [0.1, 0.15) is 0 Å². The first kappa shape index (κ1) is 32.2. The molecule has 1 fully saturated rings. The van der Waals surface area contributed by atoms with E-state index in [9.17, 15) is 14.7 Å². The Morgan fingerprint density at radius 3 is 1.98 bits per heavy atom. The SMILES string of the molecule is CCCCCCCCCCCCCCCCCCN1/C(=C\C=C2\SC(=S)N(C(=O)O)C2=O)Oc2cc(C)ccc21. The van der Waals surface area contributed by atoms with E-state index in [1.165, 1.54) is 96.3 Å². The fourth-order valence-corrected chi connectivity index (χ4v) is 6.36. The molecule has 1 N–H and O–H groups in total. The highest BCUT2D eigenvalue weighted by atomic mass is 32.2. The Balaban J connectivity index is 1.37. The summed E-state index contributed by atoms with van der Waals surface area (Å²) in [5.41, 5.74) is 2.13. The lowest BCUT2D eigenvalue weighted by Crippen LogP contribution is -2.33. The second-order valence-corrected chi connectivity index (χ2v) is 12.5. The highest BCUT2D eigenvalue weighted by Crippen LogP contribution is 2.40. The molecule has 3 rings (SSSR count). The number of ether oxygens (including phenoxy) is 1. The molecule has 0 saturated carbocycles. The van der Waals surface area contributed by atoms with Crippen molar-refractivity contribution in [3.05, 3.63) is 46.7 Å². The number of unbranched alkanes of at least 4 members (excludes halogenated alkanes) is 15. The quantitative estimate of drug-likeness (QED) is 0.104. The predicted molar refractivity (Wildman–Crippen MR) is 170 cm³/mol. The van der Waals surface area contributed by atoms with E-state index in [4.69, 9.17) is 17.0 Å². The second-order valence-electron chi connectivity index (χ2n) is 10.9. The average molecular weight is 587 g/mol. The summed E-state index contributed by atoms with van der Waals surface area (Å²) in [6.45, 7) is 5.13. The van der Waals surface area contributed by atoms with E-state index in [-0.39, 0.29) is 9.23 Å². The minimum atomic E-state index is -1.36. The smallest absolute Gasteiger partial charge is 0.420 e. The summed E-state index contributed by atoms with van der Waals surface area (Å²) in [4.78, 5) is 26.8. The molecule has 2 aliphatic heterocycles. The van der Waals surface area contributed by atoms with Crippen LogP contribution in [0.5, 0.6) is 5.75 Å². The van der Waals surface area contributed by atoms with Crippen molar-refractivity contribution >= 4 is 46.0 Å². The Hall–Kier alpha value is -2.32. The van der Waals surface area contributed by atoms with Crippen LogP contribution >= 0.6 is 24.0 Å². The Morgan fingerprint density at radius 1 is 0.900 bits per heavy atom. The zero-order valence-corrected chi connectivity index (χ0v) is 25.9. The maximum atomic E-state index is 12.4. The lowest BCUT2D eigenvalue weighted by molar-refractivity contribution is -0.120. The minimum absolute atomic E-state index is 0.0263. The molecule has 0 spiro atoms. The Morgan fingerprint density at radius 2 is 1.45 bits per heavy atom. The molecule has 2 aliphatic rings. The van der Waals surface area contributed by atoms with Crippen molar-refractivity contribution in [3.8, 4) is 5.75 Å². The van der Waals surface area contributed by atoms with Crippen LogP contribution in [0.2, 0.25) is 0 Å². The Bertz CT molecular complexity index is 1070. The second kappa shape index (κ2) is 17.5. The number of anilines is 1. The molecule has 0 bridgehead atoms. The fourth-order valence-electron chi connectivity index (χ4n) is 5.18. The van der Waals surface area contributed by atoms with Gasteiger partial charge in [0.2, 0.25) is 5.88 Å². The van der Waals surface area contributed by atoms with E-state index in [1.807, 2.05) is 13.0 Å². The summed E-state index contributed by atoms with van der Waals surface area (Å²) in [5.74, 6) is 0.825. The summed E-state index contributed by atoms with van der Waals surface area (Å²) in [7, 11) is 0. The lowest BCUT2D eigenvalue weighted by Gasteiger charge is -2.18. The number of carbonyl (C=O) groups is 2. The molecule has 1 saturated heterocycles. The molecule has 2 amide bonds. The van der Waals surface area contributed by atoms with Crippen molar-refractivity contribution in [1.82, 2.24) is 4.90 Å². The van der Waals surface area contributed by atoms with Crippen LogP contribution in [0.1, 0.15) is 115 Å². The number of thiocarbonyl (C=S) groups is 1. The number of allylic oxidation sites excluding steroid dienone is 2. The van der Waals surface area contributed by atoms with Crippen LogP contribution in [0.4, 0.5) is 10.5 Å². The molecule has 1 aromatic carbocycles. The van der Waals surface area contributed by atoms with Gasteiger partial charge in [0.15, 0.2) is 10.1 Å². The first-order valence-electron chi connectivity index (χ1n) is 15.2. The Labute approximate surface area is 250 Å². The number of carbonyl (C=O) groups excluding carboxylic acids is 1. The number of hydrogen-bond donors (Lipinski definition) is 1. The Kier molecular flexibility index (Phi) is 14.1.